The average molecular weight is 289 g/mol. The molecule has 1 aliphatic rings. The maximum absolute atomic E-state index is 12.0. The van der Waals surface area contributed by atoms with Crippen LogP contribution in [0.4, 0.5) is 0 Å². The number of amides is 1. The minimum Gasteiger partial charge on any atom is -0.368 e. The second kappa shape index (κ2) is 6.16. The Morgan fingerprint density at radius 1 is 1.29 bits per heavy atom. The van der Waals surface area contributed by atoms with Gasteiger partial charge in [-0.3, -0.25) is 9.69 Å². The number of nitrogens with zero attached hydrogens (tertiary/aromatic N) is 1. The number of piperidine rings is 1. The van der Waals surface area contributed by atoms with Crippen LogP contribution in [0.25, 0.3) is 0 Å². The molecule has 0 aromatic heterocycles. The molecule has 4 heteroatoms. The normalized spacial score (nSPS) is 29.8. The maximum atomic E-state index is 12.0. The summed E-state index contributed by atoms with van der Waals surface area (Å²) in [6.45, 7) is 8.16. The quantitative estimate of drug-likeness (QED) is 0.886. The lowest BCUT2D eigenvalue weighted by atomic mass is 9.83. The van der Waals surface area contributed by atoms with Gasteiger partial charge < -0.3 is 11.5 Å². The van der Waals surface area contributed by atoms with E-state index >= 15 is 0 Å². The highest BCUT2D eigenvalue weighted by Crippen LogP contribution is 2.30. The Kier molecular flexibility index (Phi) is 4.69. The van der Waals surface area contributed by atoms with Crippen molar-refractivity contribution in [3.63, 3.8) is 0 Å². The van der Waals surface area contributed by atoms with Crippen LogP contribution < -0.4 is 11.5 Å². The summed E-state index contributed by atoms with van der Waals surface area (Å²) in [6, 6.07) is 9.87. The van der Waals surface area contributed by atoms with Crippen molar-refractivity contribution >= 4 is 5.91 Å². The molecule has 116 valence electrons. The highest BCUT2D eigenvalue weighted by Gasteiger charge is 2.39. The first-order valence-corrected chi connectivity index (χ1v) is 7.73. The molecule has 1 saturated heterocycles. The van der Waals surface area contributed by atoms with Gasteiger partial charge in [0.2, 0.25) is 5.91 Å². The highest BCUT2D eigenvalue weighted by molar-refractivity contribution is 5.86. The van der Waals surface area contributed by atoms with Crippen LogP contribution in [0.1, 0.15) is 32.8 Å². The van der Waals surface area contributed by atoms with Crippen molar-refractivity contribution in [1.82, 2.24) is 4.90 Å². The van der Waals surface area contributed by atoms with Gasteiger partial charge in [0, 0.05) is 19.1 Å². The van der Waals surface area contributed by atoms with E-state index < -0.39 is 11.4 Å². The van der Waals surface area contributed by atoms with Crippen LogP contribution in [-0.4, -0.2) is 29.9 Å². The van der Waals surface area contributed by atoms with E-state index in [1.165, 1.54) is 6.42 Å². The highest BCUT2D eigenvalue weighted by atomic mass is 16.1. The molecule has 1 fully saturated rings. The van der Waals surface area contributed by atoms with E-state index in [9.17, 15) is 4.79 Å². The Morgan fingerprint density at radius 3 is 2.48 bits per heavy atom. The zero-order chi connectivity index (χ0) is 15.6. The minimum absolute atomic E-state index is 0.409. The van der Waals surface area contributed by atoms with E-state index in [1.807, 2.05) is 30.3 Å². The second-order valence-corrected chi connectivity index (χ2v) is 6.69. The van der Waals surface area contributed by atoms with Crippen LogP contribution in [0.5, 0.6) is 0 Å². The van der Waals surface area contributed by atoms with Crippen LogP contribution >= 0.6 is 0 Å². The first kappa shape index (κ1) is 16.0. The van der Waals surface area contributed by atoms with E-state index in [-0.39, 0.29) is 0 Å². The number of likely N-dealkylation sites (tertiary alicyclic amines) is 1. The predicted octanol–water partition coefficient (Wildman–Crippen LogP) is 1.69. The van der Waals surface area contributed by atoms with Gasteiger partial charge in [0.15, 0.2) is 0 Å². The molecule has 1 aliphatic heterocycles. The monoisotopic (exact) mass is 289 g/mol. The number of rotatable bonds is 4. The molecule has 1 aromatic carbocycles. The standard InChI is InChI=1S/C17H27N3O/c1-12-9-13(2)14(3)20(10-12)11-17(19,16(18)21)15-7-5-4-6-8-15/h4-8,12-14H,9-11,19H2,1-3H3,(H2,18,21). The molecular weight excluding hydrogens is 262 g/mol. The molecule has 0 saturated carbocycles. The second-order valence-electron chi connectivity index (χ2n) is 6.69. The van der Waals surface area contributed by atoms with Crippen LogP contribution in [0.2, 0.25) is 0 Å². The zero-order valence-corrected chi connectivity index (χ0v) is 13.3. The maximum Gasteiger partial charge on any atom is 0.243 e. The van der Waals surface area contributed by atoms with Crippen molar-refractivity contribution in [3.05, 3.63) is 35.9 Å². The van der Waals surface area contributed by atoms with Crippen molar-refractivity contribution in [3.8, 4) is 0 Å². The van der Waals surface area contributed by atoms with E-state index in [1.54, 1.807) is 0 Å². The molecule has 1 aromatic rings. The Hall–Kier alpha value is -1.39. The number of benzene rings is 1. The largest absolute Gasteiger partial charge is 0.368 e. The topological polar surface area (TPSA) is 72.3 Å². The first-order chi connectivity index (χ1) is 9.84. The molecule has 4 atom stereocenters. The summed E-state index contributed by atoms with van der Waals surface area (Å²) in [5.74, 6) is 0.748. The molecular formula is C17H27N3O. The summed E-state index contributed by atoms with van der Waals surface area (Å²) < 4.78 is 0. The van der Waals surface area contributed by atoms with Gasteiger partial charge in [0.25, 0.3) is 0 Å². The molecule has 0 aliphatic carbocycles. The molecule has 1 heterocycles. The molecule has 21 heavy (non-hydrogen) atoms. The summed E-state index contributed by atoms with van der Waals surface area (Å²) in [6.07, 6.45) is 1.22. The van der Waals surface area contributed by atoms with Gasteiger partial charge in [-0.1, -0.05) is 44.2 Å². The zero-order valence-electron chi connectivity index (χ0n) is 13.3. The number of carbonyl (C=O) groups excluding carboxylic acids is 1. The van der Waals surface area contributed by atoms with Gasteiger partial charge in [-0.25, -0.2) is 0 Å². The molecule has 4 nitrogen and oxygen atoms in total. The Balaban J connectivity index is 2.26. The van der Waals surface area contributed by atoms with Crippen LogP contribution in [0.15, 0.2) is 30.3 Å². The summed E-state index contributed by atoms with van der Waals surface area (Å²) in [5.41, 5.74) is 11.7. The molecule has 0 spiro atoms. The fraction of sp³-hybridized carbons (Fsp3) is 0.588. The van der Waals surface area contributed by atoms with Gasteiger partial charge in [-0.15, -0.1) is 0 Å². The van der Waals surface area contributed by atoms with Crippen molar-refractivity contribution in [2.45, 2.75) is 38.8 Å². The minimum atomic E-state index is -1.13. The summed E-state index contributed by atoms with van der Waals surface area (Å²) >= 11 is 0. The Labute approximate surface area is 127 Å². The fourth-order valence-corrected chi connectivity index (χ4v) is 3.41. The number of nitrogens with two attached hydrogens (primary N) is 2. The fourth-order valence-electron chi connectivity index (χ4n) is 3.41. The van der Waals surface area contributed by atoms with Gasteiger partial charge >= 0.3 is 0 Å². The van der Waals surface area contributed by atoms with Gasteiger partial charge in [0.1, 0.15) is 5.54 Å². The van der Waals surface area contributed by atoms with Gasteiger partial charge in [-0.2, -0.15) is 0 Å². The van der Waals surface area contributed by atoms with Gasteiger partial charge in [-0.05, 0) is 30.7 Å². The summed E-state index contributed by atoms with van der Waals surface area (Å²) in [5, 5.41) is 0. The lowest BCUT2D eigenvalue weighted by Crippen LogP contribution is -2.60. The van der Waals surface area contributed by atoms with E-state index in [0.29, 0.717) is 24.4 Å². The lowest BCUT2D eigenvalue weighted by molar-refractivity contribution is -0.125. The average Bonchev–Trinajstić information content (AvgIpc) is 2.44. The van der Waals surface area contributed by atoms with Crippen LogP contribution in [-0.2, 0) is 10.3 Å². The lowest BCUT2D eigenvalue weighted by Gasteiger charge is -2.44. The molecule has 1 amide bonds. The van der Waals surface area contributed by atoms with Crippen molar-refractivity contribution in [2.75, 3.05) is 13.1 Å². The number of primary amides is 1. The van der Waals surface area contributed by atoms with Crippen molar-refractivity contribution in [1.29, 1.82) is 0 Å². The van der Waals surface area contributed by atoms with Crippen molar-refractivity contribution < 1.29 is 4.79 Å². The smallest absolute Gasteiger partial charge is 0.243 e. The third-order valence-corrected chi connectivity index (χ3v) is 4.90. The van der Waals surface area contributed by atoms with Gasteiger partial charge in [0.05, 0.1) is 0 Å². The van der Waals surface area contributed by atoms with E-state index in [2.05, 4.69) is 25.7 Å². The van der Waals surface area contributed by atoms with Crippen LogP contribution in [0.3, 0.4) is 0 Å². The third-order valence-electron chi connectivity index (χ3n) is 4.90. The summed E-state index contributed by atoms with van der Waals surface area (Å²) in [7, 11) is 0. The number of hydrogen-bond donors (Lipinski definition) is 2. The number of hydrogen-bond acceptors (Lipinski definition) is 3. The molecule has 0 bridgehead atoms. The molecule has 0 radical (unpaired) electrons. The molecule has 4 N–H and O–H groups in total. The molecule has 2 rings (SSSR count). The Morgan fingerprint density at radius 2 is 1.90 bits per heavy atom. The first-order valence-electron chi connectivity index (χ1n) is 7.73. The van der Waals surface area contributed by atoms with E-state index in [4.69, 9.17) is 11.5 Å². The van der Waals surface area contributed by atoms with Crippen LogP contribution in [0, 0.1) is 11.8 Å². The predicted molar refractivity (Wildman–Crippen MR) is 85.5 cm³/mol. The Bertz CT molecular complexity index is 490. The third kappa shape index (κ3) is 3.27. The SMILES string of the molecule is CC1CC(C)C(C)N(CC(N)(C(N)=O)c2ccccc2)C1. The van der Waals surface area contributed by atoms with E-state index in [0.717, 1.165) is 12.1 Å². The van der Waals surface area contributed by atoms with Crippen molar-refractivity contribution in [2.24, 2.45) is 23.3 Å². The molecule has 4 unspecified atom stereocenters. The summed E-state index contributed by atoms with van der Waals surface area (Å²) in [4.78, 5) is 14.4. The number of carbonyl (C=O) groups is 1.